The molecule has 1 fully saturated rings. The fourth-order valence-corrected chi connectivity index (χ4v) is 2.08. The van der Waals surface area contributed by atoms with Crippen LogP contribution in [0.1, 0.15) is 33.6 Å². The fourth-order valence-electron chi connectivity index (χ4n) is 2.08. The molecule has 2 heteroatoms. The summed E-state index contributed by atoms with van der Waals surface area (Å²) in [4.78, 5) is 2.28. The Morgan fingerprint density at radius 2 is 2.17 bits per heavy atom. The minimum atomic E-state index is -0.129. The number of hydrogen-bond acceptors (Lipinski definition) is 2. The largest absolute Gasteiger partial charge is 0.393 e. The van der Waals surface area contributed by atoms with Gasteiger partial charge in [0.15, 0.2) is 0 Å². The van der Waals surface area contributed by atoms with Gasteiger partial charge in [0.2, 0.25) is 0 Å². The lowest BCUT2D eigenvalue weighted by molar-refractivity contribution is 0.0186. The zero-order valence-electron chi connectivity index (χ0n) is 8.30. The number of likely N-dealkylation sites (tertiary alicyclic amines) is 1. The molecule has 12 heavy (non-hydrogen) atoms. The lowest BCUT2D eigenvalue weighted by Crippen LogP contribution is -2.50. The van der Waals surface area contributed by atoms with E-state index in [1.165, 1.54) is 0 Å². The highest BCUT2D eigenvalue weighted by atomic mass is 16.3. The van der Waals surface area contributed by atoms with Crippen LogP contribution in [0.2, 0.25) is 0 Å². The van der Waals surface area contributed by atoms with E-state index in [9.17, 15) is 5.11 Å². The molecule has 0 aromatic carbocycles. The summed E-state index contributed by atoms with van der Waals surface area (Å²) in [5.41, 5.74) is 1.18. The quantitative estimate of drug-likeness (QED) is 0.646. The maximum Gasteiger partial charge on any atom is 0.0579 e. The Morgan fingerprint density at radius 1 is 1.58 bits per heavy atom. The van der Waals surface area contributed by atoms with Gasteiger partial charge in [-0.1, -0.05) is 6.58 Å². The summed E-state index contributed by atoms with van der Waals surface area (Å²) in [5.74, 6) is 0. The molecule has 0 saturated carbocycles. The molecule has 1 rings (SSSR count). The molecule has 1 heterocycles. The maximum absolute atomic E-state index is 9.49. The SMILES string of the molecule is C=C(C)N1CCC(O)CC1(C)C. The van der Waals surface area contributed by atoms with Gasteiger partial charge in [-0.05, 0) is 33.6 Å². The van der Waals surface area contributed by atoms with Gasteiger partial charge in [0.1, 0.15) is 0 Å². The third-order valence-corrected chi connectivity index (χ3v) is 2.61. The summed E-state index contributed by atoms with van der Waals surface area (Å²) >= 11 is 0. The van der Waals surface area contributed by atoms with E-state index in [-0.39, 0.29) is 11.6 Å². The second-order valence-corrected chi connectivity index (χ2v) is 4.35. The number of nitrogens with zero attached hydrogens (tertiary/aromatic N) is 1. The highest BCUT2D eigenvalue weighted by molar-refractivity contribution is 5.01. The van der Waals surface area contributed by atoms with E-state index in [0.717, 1.165) is 25.1 Å². The Kier molecular flexibility index (Phi) is 2.47. The van der Waals surface area contributed by atoms with Crippen molar-refractivity contribution >= 4 is 0 Å². The van der Waals surface area contributed by atoms with Crippen molar-refractivity contribution in [3.05, 3.63) is 12.3 Å². The topological polar surface area (TPSA) is 23.5 Å². The summed E-state index contributed by atoms with van der Waals surface area (Å²) in [7, 11) is 0. The highest BCUT2D eigenvalue weighted by Gasteiger charge is 2.33. The van der Waals surface area contributed by atoms with Crippen molar-refractivity contribution < 1.29 is 5.11 Å². The predicted molar refractivity (Wildman–Crippen MR) is 50.8 cm³/mol. The molecule has 0 aromatic heterocycles. The van der Waals surface area contributed by atoms with Gasteiger partial charge in [-0.25, -0.2) is 0 Å². The van der Waals surface area contributed by atoms with E-state index in [1.807, 2.05) is 6.92 Å². The van der Waals surface area contributed by atoms with Crippen molar-refractivity contribution in [2.75, 3.05) is 6.54 Å². The van der Waals surface area contributed by atoms with Crippen molar-refractivity contribution in [1.82, 2.24) is 4.90 Å². The van der Waals surface area contributed by atoms with Crippen molar-refractivity contribution in [2.24, 2.45) is 0 Å². The fraction of sp³-hybridized carbons (Fsp3) is 0.800. The molecule has 0 radical (unpaired) electrons. The minimum absolute atomic E-state index is 0.0729. The predicted octanol–water partition coefficient (Wildman–Crippen LogP) is 1.76. The molecule has 0 amide bonds. The number of piperidine rings is 1. The third-order valence-electron chi connectivity index (χ3n) is 2.61. The molecule has 1 saturated heterocycles. The van der Waals surface area contributed by atoms with E-state index in [1.54, 1.807) is 0 Å². The second-order valence-electron chi connectivity index (χ2n) is 4.35. The van der Waals surface area contributed by atoms with Gasteiger partial charge >= 0.3 is 0 Å². The van der Waals surface area contributed by atoms with Gasteiger partial charge in [0.05, 0.1) is 6.10 Å². The maximum atomic E-state index is 9.49. The van der Waals surface area contributed by atoms with Crippen LogP contribution in [0.15, 0.2) is 12.3 Å². The van der Waals surface area contributed by atoms with E-state index in [0.29, 0.717) is 0 Å². The van der Waals surface area contributed by atoms with Crippen molar-refractivity contribution in [2.45, 2.75) is 45.3 Å². The average molecular weight is 169 g/mol. The Bertz CT molecular complexity index is 186. The van der Waals surface area contributed by atoms with Crippen LogP contribution >= 0.6 is 0 Å². The van der Waals surface area contributed by atoms with Crippen LogP contribution in [0.25, 0.3) is 0 Å². The number of hydrogen-bond donors (Lipinski definition) is 1. The van der Waals surface area contributed by atoms with Gasteiger partial charge in [-0.3, -0.25) is 0 Å². The first kappa shape index (κ1) is 9.59. The van der Waals surface area contributed by atoms with Gasteiger partial charge in [-0.2, -0.15) is 0 Å². The second kappa shape index (κ2) is 3.09. The van der Waals surface area contributed by atoms with Crippen LogP contribution < -0.4 is 0 Å². The smallest absolute Gasteiger partial charge is 0.0579 e. The van der Waals surface area contributed by atoms with Crippen molar-refractivity contribution in [1.29, 1.82) is 0 Å². The van der Waals surface area contributed by atoms with E-state index in [2.05, 4.69) is 25.3 Å². The summed E-state index contributed by atoms with van der Waals surface area (Å²) in [5, 5.41) is 9.49. The molecule has 0 aromatic rings. The van der Waals surface area contributed by atoms with Gasteiger partial charge in [-0.15, -0.1) is 0 Å². The molecule has 1 atom stereocenters. The Labute approximate surface area is 74.9 Å². The number of allylic oxidation sites excluding steroid dienone is 1. The van der Waals surface area contributed by atoms with Gasteiger partial charge < -0.3 is 10.0 Å². The molecule has 1 aliphatic rings. The lowest BCUT2D eigenvalue weighted by atomic mass is 9.88. The molecule has 0 spiro atoms. The molecule has 1 aliphatic heterocycles. The lowest BCUT2D eigenvalue weighted by Gasteiger charge is -2.46. The van der Waals surface area contributed by atoms with E-state index in [4.69, 9.17) is 0 Å². The van der Waals surface area contributed by atoms with Crippen LogP contribution in [0.3, 0.4) is 0 Å². The summed E-state index contributed by atoms with van der Waals surface area (Å²) in [6, 6.07) is 0. The van der Waals surface area contributed by atoms with Crippen LogP contribution in [0.5, 0.6) is 0 Å². The minimum Gasteiger partial charge on any atom is -0.393 e. The molecule has 0 bridgehead atoms. The molecule has 1 unspecified atom stereocenters. The Hall–Kier alpha value is -0.500. The number of rotatable bonds is 1. The molecule has 2 nitrogen and oxygen atoms in total. The first-order valence-corrected chi connectivity index (χ1v) is 4.55. The van der Waals surface area contributed by atoms with Gasteiger partial charge in [0.25, 0.3) is 0 Å². The van der Waals surface area contributed by atoms with E-state index < -0.39 is 0 Å². The summed E-state index contributed by atoms with van der Waals surface area (Å²) in [6.45, 7) is 11.2. The van der Waals surface area contributed by atoms with Crippen LogP contribution in [0.4, 0.5) is 0 Å². The molecule has 1 N–H and O–H groups in total. The highest BCUT2D eigenvalue weighted by Crippen LogP contribution is 2.29. The van der Waals surface area contributed by atoms with E-state index >= 15 is 0 Å². The Morgan fingerprint density at radius 3 is 2.58 bits per heavy atom. The zero-order valence-corrected chi connectivity index (χ0v) is 8.30. The Balaban J connectivity index is 2.70. The summed E-state index contributed by atoms with van der Waals surface area (Å²) in [6.07, 6.45) is 1.59. The monoisotopic (exact) mass is 169 g/mol. The van der Waals surface area contributed by atoms with Crippen molar-refractivity contribution in [3.63, 3.8) is 0 Å². The average Bonchev–Trinajstić information content (AvgIpc) is 1.82. The molecular weight excluding hydrogens is 150 g/mol. The third kappa shape index (κ3) is 1.81. The van der Waals surface area contributed by atoms with Crippen LogP contribution in [-0.4, -0.2) is 28.2 Å². The normalized spacial score (nSPS) is 28.7. The first-order valence-electron chi connectivity index (χ1n) is 4.55. The zero-order chi connectivity index (χ0) is 9.35. The van der Waals surface area contributed by atoms with Crippen molar-refractivity contribution in [3.8, 4) is 0 Å². The molecule has 70 valence electrons. The summed E-state index contributed by atoms with van der Waals surface area (Å²) < 4.78 is 0. The van der Waals surface area contributed by atoms with Crippen LogP contribution in [-0.2, 0) is 0 Å². The number of aliphatic hydroxyl groups is 1. The molecular formula is C10H19NO. The molecule has 0 aliphatic carbocycles. The standard InChI is InChI=1S/C10H19NO/c1-8(2)11-6-5-9(12)7-10(11,3)4/h9,12H,1,5-7H2,2-4H3. The number of aliphatic hydroxyl groups excluding tert-OH is 1. The van der Waals surface area contributed by atoms with Crippen LogP contribution in [0, 0.1) is 0 Å². The first-order chi connectivity index (χ1) is 5.43. The van der Waals surface area contributed by atoms with Gasteiger partial charge in [0, 0.05) is 17.8 Å².